The fourth-order valence-corrected chi connectivity index (χ4v) is 4.90. The summed E-state index contributed by atoms with van der Waals surface area (Å²) in [5.41, 5.74) is 4.53. The number of nitrogens with two attached hydrogens (primary N) is 2. The summed E-state index contributed by atoms with van der Waals surface area (Å²) < 4.78 is 153. The topological polar surface area (TPSA) is 188 Å². The summed E-state index contributed by atoms with van der Waals surface area (Å²) in [5.74, 6) is -1.49. The monoisotopic (exact) mass is 1160 g/mol. The molecule has 0 aliphatic carbocycles. The number of hydrogen-bond donors (Lipinski definition) is 4. The third-order valence-corrected chi connectivity index (χ3v) is 8.75. The van der Waals surface area contributed by atoms with Crippen molar-refractivity contribution in [3.8, 4) is 0 Å². The zero-order valence-electron chi connectivity index (χ0n) is 36.4. The van der Waals surface area contributed by atoms with Crippen molar-refractivity contribution in [2.24, 2.45) is 10.8 Å². The highest BCUT2D eigenvalue weighted by Gasteiger charge is 2.36. The van der Waals surface area contributed by atoms with Crippen molar-refractivity contribution in [3.63, 3.8) is 0 Å². The molecule has 0 radical (unpaired) electrons. The molecule has 1 fully saturated rings. The highest BCUT2D eigenvalue weighted by atomic mass is 79.9. The second-order valence-electron chi connectivity index (χ2n) is 15.2. The molecule has 4 aromatic rings. The smallest absolute Gasteiger partial charge is 0.384 e. The lowest BCUT2D eigenvalue weighted by molar-refractivity contribution is -0.139. The molecule has 5 rings (SSSR count). The summed E-state index contributed by atoms with van der Waals surface area (Å²) in [7, 11) is 0. The van der Waals surface area contributed by atoms with Crippen LogP contribution in [0.5, 0.6) is 0 Å². The minimum atomic E-state index is -4.68. The van der Waals surface area contributed by atoms with Gasteiger partial charge >= 0.3 is 24.7 Å². The molecule has 12 nitrogen and oxygen atoms in total. The molecule has 28 heteroatoms. The van der Waals surface area contributed by atoms with Gasteiger partial charge in [-0.2, -0.15) is 52.7 Å². The van der Waals surface area contributed by atoms with E-state index >= 15 is 0 Å². The number of anilines is 4. The molecule has 0 atom stereocenters. The summed E-state index contributed by atoms with van der Waals surface area (Å²) in [6.45, 7) is 11.8. The van der Waals surface area contributed by atoms with E-state index in [1.54, 1.807) is 41.5 Å². The molecule has 0 saturated carbocycles. The number of nitrogens with zero attached hydrogens (tertiary/aromatic N) is 4. The van der Waals surface area contributed by atoms with E-state index in [-0.39, 0.29) is 43.8 Å². The summed E-state index contributed by atoms with van der Waals surface area (Å²) in [5, 5.41) is 4.82. The maximum absolute atomic E-state index is 12.7. The largest absolute Gasteiger partial charge is 0.417 e. The molecule has 0 unspecified atom stereocenters. The van der Waals surface area contributed by atoms with Gasteiger partial charge in [-0.15, -0.1) is 23.2 Å². The van der Waals surface area contributed by atoms with Crippen molar-refractivity contribution in [2.45, 2.75) is 79.1 Å². The van der Waals surface area contributed by atoms with Crippen LogP contribution in [0.2, 0.25) is 0 Å². The number of pyridine rings is 4. The van der Waals surface area contributed by atoms with Gasteiger partial charge in [-0.1, -0.05) is 41.5 Å². The molecule has 68 heavy (non-hydrogen) atoms. The highest BCUT2D eigenvalue weighted by Crippen LogP contribution is 2.37. The minimum Gasteiger partial charge on any atom is -0.384 e. The molecular weight excluding hydrogens is 1120 g/mol. The average molecular weight is 1160 g/mol. The first-order valence-corrected chi connectivity index (χ1v) is 21.4. The number of alkyl halides is 14. The number of halogens is 16. The van der Waals surface area contributed by atoms with Crippen molar-refractivity contribution < 1.29 is 71.8 Å². The maximum atomic E-state index is 12.7. The fraction of sp³-hybridized carbons (Fsp3) is 0.425. The molecule has 1 aliphatic rings. The van der Waals surface area contributed by atoms with Gasteiger partial charge in [-0.3, -0.25) is 14.4 Å². The lowest BCUT2D eigenvalue weighted by Crippen LogP contribution is -2.28. The van der Waals surface area contributed by atoms with E-state index in [0.717, 1.165) is 62.3 Å². The van der Waals surface area contributed by atoms with Crippen molar-refractivity contribution in [2.75, 3.05) is 40.7 Å². The number of amides is 2. The van der Waals surface area contributed by atoms with Crippen LogP contribution in [0.15, 0.2) is 64.1 Å². The Morgan fingerprint density at radius 1 is 0.632 bits per heavy atom. The van der Waals surface area contributed by atoms with E-state index in [9.17, 15) is 67.1 Å². The number of nitrogens with one attached hydrogen (secondary N) is 2. The Hall–Kier alpha value is -4.53. The zero-order valence-corrected chi connectivity index (χ0v) is 41.1. The molecule has 0 spiro atoms. The maximum Gasteiger partial charge on any atom is 0.417 e. The van der Waals surface area contributed by atoms with Gasteiger partial charge in [-0.05, 0) is 75.0 Å². The quantitative estimate of drug-likeness (QED) is 0.0873. The molecule has 0 aromatic carbocycles. The predicted molar refractivity (Wildman–Crippen MR) is 239 cm³/mol. The van der Waals surface area contributed by atoms with E-state index < -0.39 is 75.2 Å². The number of carbonyl (C=O) groups is 3. The number of rotatable bonds is 3. The number of ether oxygens (including phenoxy) is 1. The lowest BCUT2D eigenvalue weighted by atomic mass is 9.96. The molecular formula is C40H44Br2Cl2F12N8O4. The second kappa shape index (κ2) is 27.6. The Morgan fingerprint density at radius 2 is 1.01 bits per heavy atom. The number of hydrogen-bond acceptors (Lipinski definition) is 10. The van der Waals surface area contributed by atoms with Crippen LogP contribution in [-0.4, -0.2) is 56.6 Å². The molecule has 5 heterocycles. The SMILES string of the molecule is C1CCOC1.CC(C)(C)C(=O)Nc1cc(C(F)(F)F)c(Br)cn1.CC(C)(C)C(=O)Nc1cc(C(F)(F)F)c(C=O)cn1.ClCCl.Nc1cc(C(F)(F)F)c(Br)cn1.Nc1cc(C(F)(F)F)ccn1. The number of aromatic nitrogens is 4. The number of aldehydes is 1. The zero-order chi connectivity index (χ0) is 53.1. The molecule has 6 N–H and O–H groups in total. The van der Waals surface area contributed by atoms with Gasteiger partial charge in [0, 0.05) is 63.3 Å². The van der Waals surface area contributed by atoms with E-state index in [1.165, 1.54) is 12.8 Å². The van der Waals surface area contributed by atoms with Crippen LogP contribution >= 0.6 is 55.1 Å². The molecule has 4 aromatic heterocycles. The summed E-state index contributed by atoms with van der Waals surface area (Å²) in [6, 6.07) is 3.89. The fourth-order valence-electron chi connectivity index (χ4n) is 4.01. The van der Waals surface area contributed by atoms with Crippen LogP contribution in [0.1, 0.15) is 87.0 Å². The summed E-state index contributed by atoms with van der Waals surface area (Å²) in [6.07, 6.45) is -11.4. The first-order valence-electron chi connectivity index (χ1n) is 18.7. The normalized spacial score (nSPS) is 12.6. The van der Waals surface area contributed by atoms with E-state index in [4.69, 9.17) is 39.4 Å². The lowest BCUT2D eigenvalue weighted by Gasteiger charge is -2.18. The van der Waals surface area contributed by atoms with Gasteiger partial charge in [0.2, 0.25) is 11.8 Å². The Bertz CT molecular complexity index is 2230. The Morgan fingerprint density at radius 3 is 1.34 bits per heavy atom. The van der Waals surface area contributed by atoms with E-state index in [1.807, 2.05) is 0 Å². The summed E-state index contributed by atoms with van der Waals surface area (Å²) >= 11 is 15.0. The Labute approximate surface area is 409 Å². The van der Waals surface area contributed by atoms with Gasteiger partial charge in [0.1, 0.15) is 23.3 Å². The highest BCUT2D eigenvalue weighted by molar-refractivity contribution is 9.10. The standard InChI is InChI=1S/C12H13F3N2O2.C11H12BrF3N2O.C6H4BrF3N2.C6H5F3N2.C4H8O.CH2Cl2/c1-11(2,3)10(19)17-9-4-8(12(13,14)15)7(6-18)5-16-9;1-10(2,3)9(18)17-8-4-6(11(13,14)15)7(12)5-16-8;7-4-2-12-5(11)1-3(4)6(8,9)10;7-6(8,9)4-1-2-11-5(10)3-4;1-2-4-5-3-1;2-1-3/h4-6H,1-3H3,(H,16,17,19);4-5H,1-3H3,(H,16,17,18);1-2H,(H2,11,12);1-3H,(H2,10,11);1-4H2;1H2. The predicted octanol–water partition coefficient (Wildman–Crippen LogP) is 13.1. The van der Waals surface area contributed by atoms with Gasteiger partial charge < -0.3 is 26.8 Å². The first kappa shape index (κ1) is 63.5. The third-order valence-electron chi connectivity index (χ3n) is 7.49. The van der Waals surface area contributed by atoms with Crippen LogP contribution in [0.3, 0.4) is 0 Å². The Balaban J connectivity index is 0.000000848. The van der Waals surface area contributed by atoms with Crippen LogP contribution in [0, 0.1) is 10.8 Å². The van der Waals surface area contributed by atoms with Gasteiger partial charge in [0.25, 0.3) is 0 Å². The average Bonchev–Trinajstić information content (AvgIpc) is 3.79. The summed E-state index contributed by atoms with van der Waals surface area (Å²) in [4.78, 5) is 48.1. The third kappa shape index (κ3) is 24.7. The number of carbonyl (C=O) groups excluding carboxylic acids is 3. The number of nitrogen functional groups attached to an aromatic ring is 2. The minimum absolute atomic E-state index is 0.0746. The van der Waals surface area contributed by atoms with Crippen molar-refractivity contribution in [3.05, 3.63) is 91.9 Å². The second-order valence-corrected chi connectivity index (χ2v) is 17.7. The van der Waals surface area contributed by atoms with Crippen molar-refractivity contribution >= 4 is 96.4 Å². The van der Waals surface area contributed by atoms with Gasteiger partial charge in [-0.25, -0.2) is 19.9 Å². The van der Waals surface area contributed by atoms with Crippen molar-refractivity contribution in [1.82, 2.24) is 19.9 Å². The molecule has 380 valence electrons. The molecule has 2 amide bonds. The molecule has 1 aliphatic heterocycles. The van der Waals surface area contributed by atoms with Crippen LogP contribution in [0.25, 0.3) is 0 Å². The molecule has 0 bridgehead atoms. The Kier molecular flexibility index (Phi) is 25.8. The molecule has 1 saturated heterocycles. The van der Waals surface area contributed by atoms with E-state index in [0.29, 0.717) is 6.07 Å². The van der Waals surface area contributed by atoms with Gasteiger partial charge in [0.15, 0.2) is 6.29 Å². The first-order chi connectivity index (χ1) is 30.9. The van der Waals surface area contributed by atoms with Gasteiger partial charge in [0.05, 0.1) is 27.6 Å². The van der Waals surface area contributed by atoms with Crippen LogP contribution < -0.4 is 22.1 Å². The van der Waals surface area contributed by atoms with Crippen molar-refractivity contribution in [1.29, 1.82) is 0 Å². The van der Waals surface area contributed by atoms with E-state index in [2.05, 4.69) is 62.4 Å². The van der Waals surface area contributed by atoms with Crippen LogP contribution in [0.4, 0.5) is 76.0 Å². The van der Waals surface area contributed by atoms with Crippen LogP contribution in [-0.2, 0) is 39.0 Å².